The van der Waals surface area contributed by atoms with Crippen LogP contribution >= 0.6 is 7.82 Å². The van der Waals surface area contributed by atoms with E-state index in [0.29, 0.717) is 17.4 Å². The molecule has 10 heteroatoms. The second-order valence-corrected chi connectivity index (χ2v) is 15.4. The van der Waals surface area contributed by atoms with Gasteiger partial charge >= 0.3 is 11.9 Å². The minimum Gasteiger partial charge on any atom is -0.756 e. The van der Waals surface area contributed by atoms with Crippen LogP contribution in [0.15, 0.2) is 36.5 Å². The number of unbranched alkanes of at least 4 members (excludes halogenated alkanes) is 14. The predicted molar refractivity (Wildman–Crippen MR) is 199 cm³/mol. The SMILES string of the molecule is CCCCC/C=C/C/C=C/C/C=C/CCCCC(=O)O[C@H](COC(=O)CCCCCCCCCCCC)COP(=O)([O-])OCC[N+](C)(C)C. The first kappa shape index (κ1) is 47.2. The summed E-state index contributed by atoms with van der Waals surface area (Å²) in [6.07, 6.45) is 33.2. The Bertz CT molecular complexity index is 944. The summed E-state index contributed by atoms with van der Waals surface area (Å²) in [6, 6.07) is 0. The van der Waals surface area contributed by atoms with Crippen LogP contribution in [-0.4, -0.2) is 70.0 Å². The monoisotopic (exact) mass is 713 g/mol. The lowest BCUT2D eigenvalue weighted by Crippen LogP contribution is -2.37. The number of likely N-dealkylation sites (N-methyl/N-ethyl adjacent to an activating group) is 1. The van der Waals surface area contributed by atoms with Gasteiger partial charge < -0.3 is 27.9 Å². The highest BCUT2D eigenvalue weighted by molar-refractivity contribution is 7.45. The van der Waals surface area contributed by atoms with E-state index in [2.05, 4.69) is 50.3 Å². The first-order valence-corrected chi connectivity index (χ1v) is 20.7. The number of esters is 2. The number of nitrogens with zero attached hydrogens (tertiary/aromatic N) is 1. The molecule has 0 fully saturated rings. The molecule has 0 aliphatic rings. The Morgan fingerprint density at radius 2 is 1.10 bits per heavy atom. The van der Waals surface area contributed by atoms with Crippen molar-refractivity contribution in [3.05, 3.63) is 36.5 Å². The minimum absolute atomic E-state index is 0.0379. The molecular weight excluding hydrogens is 641 g/mol. The van der Waals surface area contributed by atoms with E-state index in [1.165, 1.54) is 64.2 Å². The number of ether oxygens (including phenoxy) is 2. The summed E-state index contributed by atoms with van der Waals surface area (Å²) in [7, 11) is 1.14. The minimum atomic E-state index is -4.62. The third kappa shape index (κ3) is 35.8. The summed E-state index contributed by atoms with van der Waals surface area (Å²) in [5.74, 6) is -0.883. The van der Waals surface area contributed by atoms with Gasteiger partial charge in [-0.05, 0) is 51.4 Å². The van der Waals surface area contributed by atoms with Crippen molar-refractivity contribution in [2.24, 2.45) is 0 Å². The number of hydrogen-bond donors (Lipinski definition) is 0. The summed E-state index contributed by atoms with van der Waals surface area (Å²) in [5.41, 5.74) is 0. The maximum Gasteiger partial charge on any atom is 0.306 e. The first-order chi connectivity index (χ1) is 23.5. The summed E-state index contributed by atoms with van der Waals surface area (Å²) in [5, 5.41) is 0. The van der Waals surface area contributed by atoms with Crippen molar-refractivity contribution in [3.63, 3.8) is 0 Å². The molecule has 0 aromatic rings. The van der Waals surface area contributed by atoms with Gasteiger partial charge in [0.15, 0.2) is 6.10 Å². The molecule has 0 radical (unpaired) electrons. The third-order valence-electron chi connectivity index (χ3n) is 7.91. The molecule has 0 bridgehead atoms. The van der Waals surface area contributed by atoms with Crippen LogP contribution in [0.3, 0.4) is 0 Å². The number of allylic oxidation sites excluding steroid dienone is 6. The Balaban J connectivity index is 4.52. The Morgan fingerprint density at radius 3 is 1.67 bits per heavy atom. The molecule has 9 nitrogen and oxygen atoms in total. The second-order valence-electron chi connectivity index (χ2n) is 13.9. The molecule has 0 aliphatic heterocycles. The van der Waals surface area contributed by atoms with Crippen LogP contribution < -0.4 is 4.89 Å². The quantitative estimate of drug-likeness (QED) is 0.0213. The molecule has 286 valence electrons. The van der Waals surface area contributed by atoms with E-state index in [4.69, 9.17) is 18.5 Å². The van der Waals surface area contributed by atoms with Crippen molar-refractivity contribution in [2.45, 2.75) is 155 Å². The molecule has 0 amide bonds. The predicted octanol–water partition coefficient (Wildman–Crippen LogP) is 9.55. The lowest BCUT2D eigenvalue weighted by atomic mass is 10.1. The van der Waals surface area contributed by atoms with Crippen LogP contribution in [0.4, 0.5) is 0 Å². The highest BCUT2D eigenvalue weighted by Crippen LogP contribution is 2.38. The summed E-state index contributed by atoms with van der Waals surface area (Å²) in [4.78, 5) is 37.3. The Morgan fingerprint density at radius 1 is 0.633 bits per heavy atom. The first-order valence-electron chi connectivity index (χ1n) is 19.2. The van der Waals surface area contributed by atoms with E-state index >= 15 is 0 Å². The number of phosphoric ester groups is 1. The lowest BCUT2D eigenvalue weighted by Gasteiger charge is -2.28. The highest BCUT2D eigenvalue weighted by atomic mass is 31.2. The fraction of sp³-hybridized carbons (Fsp3) is 0.795. The number of hydrogen-bond acceptors (Lipinski definition) is 8. The Labute approximate surface area is 300 Å². The third-order valence-corrected chi connectivity index (χ3v) is 8.88. The van der Waals surface area contributed by atoms with Gasteiger partial charge in [0.25, 0.3) is 7.82 Å². The summed E-state index contributed by atoms with van der Waals surface area (Å²) in [6.45, 7) is 4.11. The molecule has 0 N–H and O–H groups in total. The zero-order chi connectivity index (χ0) is 36.5. The van der Waals surface area contributed by atoms with Gasteiger partial charge in [0.2, 0.25) is 0 Å². The molecule has 49 heavy (non-hydrogen) atoms. The van der Waals surface area contributed by atoms with E-state index in [-0.39, 0.29) is 26.1 Å². The van der Waals surface area contributed by atoms with Crippen LogP contribution in [0, 0.1) is 0 Å². The maximum absolute atomic E-state index is 12.6. The van der Waals surface area contributed by atoms with Crippen LogP contribution in [0.1, 0.15) is 149 Å². The second kappa shape index (κ2) is 32.2. The number of phosphoric acid groups is 1. The van der Waals surface area contributed by atoms with Crippen molar-refractivity contribution >= 4 is 19.8 Å². The lowest BCUT2D eigenvalue weighted by molar-refractivity contribution is -0.870. The van der Waals surface area contributed by atoms with E-state index in [9.17, 15) is 19.0 Å². The van der Waals surface area contributed by atoms with Crippen LogP contribution in [0.5, 0.6) is 0 Å². The average molecular weight is 714 g/mol. The van der Waals surface area contributed by atoms with Gasteiger partial charge in [-0.2, -0.15) is 0 Å². The van der Waals surface area contributed by atoms with E-state index in [1.54, 1.807) is 0 Å². The molecule has 0 saturated carbocycles. The van der Waals surface area contributed by atoms with Gasteiger partial charge in [-0.25, -0.2) is 0 Å². The largest absolute Gasteiger partial charge is 0.756 e. The van der Waals surface area contributed by atoms with E-state index < -0.39 is 32.5 Å². The molecular formula is C39H72NO8P. The molecule has 0 rings (SSSR count). The van der Waals surface area contributed by atoms with Gasteiger partial charge in [0, 0.05) is 12.8 Å². The van der Waals surface area contributed by atoms with Crippen molar-refractivity contribution in [1.82, 2.24) is 0 Å². The summed E-state index contributed by atoms with van der Waals surface area (Å²) >= 11 is 0. The molecule has 0 aromatic heterocycles. The normalized spacial score (nSPS) is 14.2. The molecule has 1 unspecified atom stereocenters. The fourth-order valence-electron chi connectivity index (χ4n) is 4.84. The van der Waals surface area contributed by atoms with E-state index in [1.807, 2.05) is 21.1 Å². The average Bonchev–Trinajstić information content (AvgIpc) is 3.04. The topological polar surface area (TPSA) is 111 Å². The standard InChI is InChI=1S/C39H72NO8P/c1-6-8-10-12-14-16-18-19-20-21-22-24-26-28-30-32-39(42)48-37(36-47-49(43,44)46-34-33-40(3,4)5)35-45-38(41)31-29-27-25-23-17-15-13-11-9-7-2/h14,16,19-20,22,24,37H,6-13,15,17-18,21,23,25-36H2,1-5H3/b16-14+,20-19+,24-22+/t37-/m1/s1. The van der Waals surface area contributed by atoms with Crippen LogP contribution in [-0.2, 0) is 32.7 Å². The number of quaternary nitrogens is 1. The van der Waals surface area contributed by atoms with Crippen molar-refractivity contribution < 1.29 is 42.1 Å². The van der Waals surface area contributed by atoms with Crippen LogP contribution in [0.25, 0.3) is 0 Å². The van der Waals surface area contributed by atoms with E-state index in [0.717, 1.165) is 51.4 Å². The molecule has 0 spiro atoms. The van der Waals surface area contributed by atoms with Gasteiger partial charge in [0.1, 0.15) is 19.8 Å². The molecule has 0 heterocycles. The van der Waals surface area contributed by atoms with Crippen molar-refractivity contribution in [1.29, 1.82) is 0 Å². The van der Waals surface area contributed by atoms with Crippen molar-refractivity contribution in [3.8, 4) is 0 Å². The number of carbonyl (C=O) groups excluding carboxylic acids is 2. The number of rotatable bonds is 34. The van der Waals surface area contributed by atoms with Crippen molar-refractivity contribution in [2.75, 3.05) is 47.5 Å². The molecule has 0 aromatic carbocycles. The zero-order valence-electron chi connectivity index (χ0n) is 31.9. The zero-order valence-corrected chi connectivity index (χ0v) is 32.8. The molecule has 0 saturated heterocycles. The Kier molecular flexibility index (Phi) is 31.0. The molecule has 2 atom stereocenters. The fourth-order valence-corrected chi connectivity index (χ4v) is 5.56. The van der Waals surface area contributed by atoms with Gasteiger partial charge in [-0.3, -0.25) is 14.2 Å². The van der Waals surface area contributed by atoms with Crippen LogP contribution in [0.2, 0.25) is 0 Å². The Hall–Kier alpha value is -1.77. The number of carbonyl (C=O) groups is 2. The highest BCUT2D eigenvalue weighted by Gasteiger charge is 2.21. The molecule has 0 aliphatic carbocycles. The van der Waals surface area contributed by atoms with Gasteiger partial charge in [0.05, 0.1) is 27.7 Å². The van der Waals surface area contributed by atoms with Gasteiger partial charge in [-0.1, -0.05) is 121 Å². The smallest absolute Gasteiger partial charge is 0.306 e. The van der Waals surface area contributed by atoms with Gasteiger partial charge in [-0.15, -0.1) is 0 Å². The summed E-state index contributed by atoms with van der Waals surface area (Å²) < 4.78 is 33.7. The maximum atomic E-state index is 12.6.